The summed E-state index contributed by atoms with van der Waals surface area (Å²) in [7, 11) is 9.87. The van der Waals surface area contributed by atoms with Gasteiger partial charge in [-0.3, -0.25) is 0 Å². The predicted octanol–water partition coefficient (Wildman–Crippen LogP) is 8.90. The molecule has 0 radical (unpaired) electrons. The molecule has 2 fully saturated rings. The average molecular weight is 521 g/mol. The molecule has 0 heterocycles. The molecule has 2 saturated carbocycles. The number of ether oxygens (including phenoxy) is 2. The minimum atomic E-state index is -0.826. The molecule has 0 spiro atoms. The van der Waals surface area contributed by atoms with E-state index in [-0.39, 0.29) is 33.5 Å². The van der Waals surface area contributed by atoms with Gasteiger partial charge in [-0.05, 0) is 79.1 Å². The zero-order valence-electron chi connectivity index (χ0n) is 19.3. The Morgan fingerprint density at radius 1 is 0.679 bits per heavy atom. The fourth-order valence-electron chi connectivity index (χ4n) is 3.09. The number of rotatable bonds is 4. The molecule has 2 nitrogen and oxygen atoms in total. The molecular formula is C23H50Cl2O2Zr. The number of halogens is 2. The van der Waals surface area contributed by atoms with Gasteiger partial charge in [-0.1, -0.05) is 33.1 Å². The quantitative estimate of drug-likeness (QED) is 0.345. The zero-order chi connectivity index (χ0) is 19.3. The predicted molar refractivity (Wildman–Crippen MR) is 127 cm³/mol. The summed E-state index contributed by atoms with van der Waals surface area (Å²) in [4.78, 5) is 0. The first-order valence-electron chi connectivity index (χ1n) is 9.81. The van der Waals surface area contributed by atoms with Crippen molar-refractivity contribution in [2.75, 3.05) is 13.2 Å². The first kappa shape index (κ1) is 36.7. The van der Waals surface area contributed by atoms with Crippen molar-refractivity contribution in [1.82, 2.24) is 0 Å². The fraction of sp³-hybridized carbons (Fsp3) is 0.913. The zero-order valence-corrected chi connectivity index (χ0v) is 23.3. The van der Waals surface area contributed by atoms with Gasteiger partial charge in [-0.2, -0.15) is 0 Å². The van der Waals surface area contributed by atoms with Crippen LogP contribution in [0.2, 0.25) is 0 Å². The van der Waals surface area contributed by atoms with Crippen LogP contribution in [0.3, 0.4) is 0 Å². The van der Waals surface area contributed by atoms with Gasteiger partial charge in [0.25, 0.3) is 0 Å². The van der Waals surface area contributed by atoms with Crippen molar-refractivity contribution in [3.63, 3.8) is 0 Å². The van der Waals surface area contributed by atoms with Crippen LogP contribution in [-0.2, 0) is 30.3 Å². The van der Waals surface area contributed by atoms with Crippen LogP contribution in [-0.4, -0.2) is 24.4 Å². The third-order valence-corrected chi connectivity index (χ3v) is 4.45. The summed E-state index contributed by atoms with van der Waals surface area (Å²) in [5.74, 6) is 1.71. The van der Waals surface area contributed by atoms with Crippen molar-refractivity contribution in [3.05, 3.63) is 14.9 Å². The summed E-state index contributed by atoms with van der Waals surface area (Å²) in [5, 5.41) is 0. The number of hydrogen-bond acceptors (Lipinski definition) is 2. The Bertz CT molecular complexity index is 273. The molecular weight excluding hydrogens is 470 g/mol. The van der Waals surface area contributed by atoms with E-state index in [0.29, 0.717) is 0 Å². The van der Waals surface area contributed by atoms with E-state index in [1.54, 1.807) is 0 Å². The van der Waals surface area contributed by atoms with Gasteiger partial charge < -0.3 is 24.3 Å². The maximum atomic E-state index is 5.71. The molecule has 2 rings (SSSR count). The SMILES string of the molecule is C.CC(C)(C)OCC1CCCC1.CC(C)(C)OCC1CCCC1.[CH3-].[CH3-].[Cl][Zr+2][Cl]. The van der Waals surface area contributed by atoms with E-state index in [0.717, 1.165) is 25.0 Å². The molecule has 2 aliphatic carbocycles. The monoisotopic (exact) mass is 518 g/mol. The van der Waals surface area contributed by atoms with Crippen molar-refractivity contribution in [2.24, 2.45) is 11.8 Å². The Balaban J connectivity index is -0.000000165. The fourth-order valence-corrected chi connectivity index (χ4v) is 3.09. The summed E-state index contributed by atoms with van der Waals surface area (Å²) in [5.41, 5.74) is 0.116. The summed E-state index contributed by atoms with van der Waals surface area (Å²) in [6.45, 7) is 14.7. The van der Waals surface area contributed by atoms with Crippen molar-refractivity contribution in [1.29, 1.82) is 0 Å². The molecule has 0 saturated heterocycles. The molecule has 28 heavy (non-hydrogen) atoms. The molecule has 0 amide bonds. The first-order chi connectivity index (χ1) is 11.6. The third kappa shape index (κ3) is 25.4. The van der Waals surface area contributed by atoms with E-state index in [1.807, 2.05) is 0 Å². The van der Waals surface area contributed by atoms with E-state index >= 15 is 0 Å². The Kier molecular flexibility index (Phi) is 26.6. The molecule has 0 aromatic heterocycles. The van der Waals surface area contributed by atoms with Crippen LogP contribution in [0.5, 0.6) is 0 Å². The van der Waals surface area contributed by atoms with Gasteiger partial charge in [-0.15, -0.1) is 0 Å². The van der Waals surface area contributed by atoms with Gasteiger partial charge >= 0.3 is 37.9 Å². The van der Waals surface area contributed by atoms with Crippen LogP contribution in [0.4, 0.5) is 0 Å². The van der Waals surface area contributed by atoms with Crippen molar-refractivity contribution < 1.29 is 30.3 Å². The first-order valence-corrected chi connectivity index (χ1v) is 16.1. The topological polar surface area (TPSA) is 18.5 Å². The normalized spacial score (nSPS) is 16.9. The molecule has 2 aliphatic rings. The van der Waals surface area contributed by atoms with E-state index in [4.69, 9.17) is 26.5 Å². The van der Waals surface area contributed by atoms with Crippen molar-refractivity contribution >= 4 is 17.0 Å². The summed E-state index contributed by atoms with van der Waals surface area (Å²) in [6.07, 6.45) is 11.2. The van der Waals surface area contributed by atoms with Crippen LogP contribution in [0.15, 0.2) is 0 Å². The summed E-state index contributed by atoms with van der Waals surface area (Å²) >= 11 is -0.826. The molecule has 172 valence electrons. The van der Waals surface area contributed by atoms with Crippen molar-refractivity contribution in [2.45, 2.75) is 112 Å². The number of hydrogen-bond donors (Lipinski definition) is 0. The van der Waals surface area contributed by atoms with Crippen LogP contribution < -0.4 is 0 Å². The van der Waals surface area contributed by atoms with E-state index in [9.17, 15) is 0 Å². The molecule has 5 heteroatoms. The molecule has 0 N–H and O–H groups in total. The van der Waals surface area contributed by atoms with Gasteiger partial charge in [-0.25, -0.2) is 0 Å². The average Bonchev–Trinajstić information content (AvgIpc) is 3.17. The van der Waals surface area contributed by atoms with E-state index < -0.39 is 20.8 Å². The van der Waals surface area contributed by atoms with Crippen LogP contribution in [0.1, 0.15) is 100 Å². The van der Waals surface area contributed by atoms with E-state index in [1.165, 1.54) is 51.4 Å². The molecule has 0 aliphatic heterocycles. The second-order valence-corrected chi connectivity index (χ2v) is 13.0. The Morgan fingerprint density at radius 3 is 1.07 bits per heavy atom. The molecule has 0 aromatic rings. The third-order valence-electron chi connectivity index (χ3n) is 4.45. The standard InChI is InChI=1S/2C10H20O.CH4.2CH3.2ClH.Zr/c2*1-10(2,3)11-8-9-6-4-5-7-9;;;;;;/h2*9H,4-8H2,1-3H3;1H4;2*1H3;2*1H;/q;;;2*-1;;;+4/p-2. The van der Waals surface area contributed by atoms with Gasteiger partial charge in [0.2, 0.25) is 0 Å². The molecule has 0 unspecified atom stereocenters. The van der Waals surface area contributed by atoms with Gasteiger partial charge in [0, 0.05) is 0 Å². The minimum absolute atomic E-state index is 0. The van der Waals surface area contributed by atoms with Gasteiger partial charge in [0.1, 0.15) is 0 Å². The summed E-state index contributed by atoms with van der Waals surface area (Å²) in [6, 6.07) is 0. The Labute approximate surface area is 197 Å². The van der Waals surface area contributed by atoms with Gasteiger partial charge in [0.15, 0.2) is 0 Å². The Morgan fingerprint density at radius 2 is 0.893 bits per heavy atom. The molecule has 0 atom stereocenters. The maximum absolute atomic E-state index is 5.71. The second-order valence-electron chi connectivity index (χ2n) is 9.22. The van der Waals surface area contributed by atoms with Crippen LogP contribution >= 0.6 is 17.0 Å². The van der Waals surface area contributed by atoms with Crippen LogP contribution in [0.25, 0.3) is 0 Å². The van der Waals surface area contributed by atoms with Crippen LogP contribution in [0, 0.1) is 26.7 Å². The molecule has 0 aromatic carbocycles. The van der Waals surface area contributed by atoms with Gasteiger partial charge in [0.05, 0.1) is 24.4 Å². The second kappa shape index (κ2) is 20.3. The van der Waals surface area contributed by atoms with E-state index in [2.05, 4.69) is 41.5 Å². The van der Waals surface area contributed by atoms with Crippen molar-refractivity contribution in [3.8, 4) is 0 Å². The molecule has 0 bridgehead atoms. The Hall–Kier alpha value is 1.38. The summed E-state index contributed by atoms with van der Waals surface area (Å²) < 4.78 is 11.4.